The summed E-state index contributed by atoms with van der Waals surface area (Å²) in [6.07, 6.45) is 0. The predicted molar refractivity (Wildman–Crippen MR) is 99.4 cm³/mol. The molecule has 0 atom stereocenters. The number of benzene rings is 2. The summed E-state index contributed by atoms with van der Waals surface area (Å²) in [6.45, 7) is 4.15. The molecule has 5 nitrogen and oxygen atoms in total. The number of carbonyl (C=O) groups excluding carboxylic acids is 1. The van der Waals surface area contributed by atoms with Crippen molar-refractivity contribution in [3.05, 3.63) is 59.1 Å². The summed E-state index contributed by atoms with van der Waals surface area (Å²) in [5, 5.41) is 3.75. The predicted octanol–water partition coefficient (Wildman–Crippen LogP) is 2.28. The fraction of sp³-hybridized carbons (Fsp3) is 0.316. The maximum absolute atomic E-state index is 12.5. The molecule has 2 amide bonds. The van der Waals surface area contributed by atoms with Crippen molar-refractivity contribution in [3.8, 4) is 5.75 Å². The Morgan fingerprint density at radius 2 is 1.84 bits per heavy atom. The lowest BCUT2D eigenvalue weighted by Crippen LogP contribution is -3.13. The van der Waals surface area contributed by atoms with Crippen LogP contribution in [-0.2, 0) is 6.54 Å². The Balaban J connectivity index is 1.53. The van der Waals surface area contributed by atoms with E-state index in [1.807, 2.05) is 47.4 Å². The van der Waals surface area contributed by atoms with Gasteiger partial charge in [0.2, 0.25) is 0 Å². The Morgan fingerprint density at radius 3 is 2.56 bits per heavy atom. The van der Waals surface area contributed by atoms with Gasteiger partial charge in [-0.2, -0.15) is 0 Å². The highest BCUT2D eigenvalue weighted by molar-refractivity contribution is 6.31. The molecule has 1 fully saturated rings. The van der Waals surface area contributed by atoms with Gasteiger partial charge < -0.3 is 19.9 Å². The molecule has 1 heterocycles. The van der Waals surface area contributed by atoms with Crippen LogP contribution >= 0.6 is 11.6 Å². The summed E-state index contributed by atoms with van der Waals surface area (Å²) in [4.78, 5) is 15.8. The molecule has 0 aromatic heterocycles. The first-order chi connectivity index (χ1) is 12.2. The number of nitrogens with one attached hydrogen (secondary N) is 2. The van der Waals surface area contributed by atoms with Crippen molar-refractivity contribution < 1.29 is 14.4 Å². The lowest BCUT2D eigenvalue weighted by Gasteiger charge is -2.32. The zero-order valence-corrected chi connectivity index (χ0v) is 15.1. The minimum atomic E-state index is -0.0821. The number of urea groups is 1. The second-order valence-electron chi connectivity index (χ2n) is 6.14. The van der Waals surface area contributed by atoms with Gasteiger partial charge in [0.05, 0.1) is 39.0 Å². The van der Waals surface area contributed by atoms with Gasteiger partial charge >= 0.3 is 6.03 Å². The molecular formula is C19H23ClN3O2+. The topological polar surface area (TPSA) is 46.0 Å². The highest BCUT2D eigenvalue weighted by Crippen LogP contribution is 2.23. The monoisotopic (exact) mass is 360 g/mol. The minimum absolute atomic E-state index is 0.0821. The Bertz CT molecular complexity index is 730. The third kappa shape index (κ3) is 4.44. The Kier molecular flexibility index (Phi) is 5.79. The van der Waals surface area contributed by atoms with Crippen molar-refractivity contribution in [2.75, 3.05) is 38.6 Å². The molecule has 2 N–H and O–H groups in total. The summed E-state index contributed by atoms with van der Waals surface area (Å²) >= 11 is 6.24. The van der Waals surface area contributed by atoms with E-state index in [4.69, 9.17) is 16.3 Å². The van der Waals surface area contributed by atoms with Crippen LogP contribution in [-0.4, -0.2) is 44.2 Å². The molecule has 1 aliphatic heterocycles. The molecule has 2 aromatic carbocycles. The number of nitrogens with zero attached hydrogens (tertiary/aromatic N) is 1. The Morgan fingerprint density at radius 1 is 1.16 bits per heavy atom. The summed E-state index contributed by atoms with van der Waals surface area (Å²) in [6, 6.07) is 15.3. The Labute approximate surface area is 153 Å². The molecule has 6 heteroatoms. The number of anilines is 1. The number of methoxy groups -OCH3 is 1. The molecule has 1 saturated heterocycles. The van der Waals surface area contributed by atoms with Gasteiger partial charge in [-0.15, -0.1) is 0 Å². The molecule has 3 rings (SSSR count). The van der Waals surface area contributed by atoms with E-state index >= 15 is 0 Å². The second-order valence-corrected chi connectivity index (χ2v) is 6.54. The summed E-state index contributed by atoms with van der Waals surface area (Å²) < 4.78 is 5.28. The zero-order chi connectivity index (χ0) is 17.6. The first-order valence-corrected chi connectivity index (χ1v) is 8.81. The minimum Gasteiger partial charge on any atom is -0.495 e. The lowest BCUT2D eigenvalue weighted by molar-refractivity contribution is -0.917. The smallest absolute Gasteiger partial charge is 0.322 e. The van der Waals surface area contributed by atoms with Crippen LogP contribution in [0.5, 0.6) is 5.75 Å². The molecule has 0 saturated carbocycles. The lowest BCUT2D eigenvalue weighted by atomic mass is 10.2. The van der Waals surface area contributed by atoms with Crippen molar-refractivity contribution in [1.29, 1.82) is 0 Å². The van der Waals surface area contributed by atoms with Crippen molar-refractivity contribution in [2.45, 2.75) is 6.54 Å². The zero-order valence-electron chi connectivity index (χ0n) is 14.3. The van der Waals surface area contributed by atoms with Gasteiger partial charge in [0.15, 0.2) is 0 Å². The van der Waals surface area contributed by atoms with Crippen LogP contribution in [0, 0.1) is 0 Å². The van der Waals surface area contributed by atoms with Gasteiger partial charge in [0.1, 0.15) is 12.3 Å². The third-order valence-electron chi connectivity index (χ3n) is 4.50. The number of halogens is 1. The van der Waals surface area contributed by atoms with E-state index in [9.17, 15) is 4.79 Å². The number of ether oxygens (including phenoxy) is 1. The first kappa shape index (κ1) is 17.6. The maximum atomic E-state index is 12.5. The number of carbonyl (C=O) groups is 1. The first-order valence-electron chi connectivity index (χ1n) is 8.43. The number of para-hydroxylation sites is 2. The largest absolute Gasteiger partial charge is 0.495 e. The van der Waals surface area contributed by atoms with Gasteiger partial charge in [-0.1, -0.05) is 41.9 Å². The molecular weight excluding hydrogens is 338 g/mol. The van der Waals surface area contributed by atoms with Crippen LogP contribution in [0.2, 0.25) is 5.02 Å². The van der Waals surface area contributed by atoms with Crippen LogP contribution in [0.1, 0.15) is 5.56 Å². The molecule has 0 spiro atoms. The summed E-state index contributed by atoms with van der Waals surface area (Å²) in [5.41, 5.74) is 1.85. The van der Waals surface area contributed by atoms with Gasteiger partial charge in [-0.05, 0) is 18.2 Å². The van der Waals surface area contributed by atoms with Crippen molar-refractivity contribution >= 4 is 23.3 Å². The van der Waals surface area contributed by atoms with Crippen LogP contribution in [0.4, 0.5) is 10.5 Å². The Hall–Kier alpha value is -2.24. The van der Waals surface area contributed by atoms with Gasteiger partial charge in [0, 0.05) is 10.6 Å². The van der Waals surface area contributed by atoms with Gasteiger partial charge in [0.25, 0.3) is 0 Å². The molecule has 1 aliphatic rings. The number of hydrogen-bond acceptors (Lipinski definition) is 2. The number of amides is 2. The number of quaternary nitrogens is 1. The molecule has 2 aromatic rings. The molecule has 132 valence electrons. The molecule has 0 aliphatic carbocycles. The quantitative estimate of drug-likeness (QED) is 0.878. The SMILES string of the molecule is COc1ccccc1NC(=O)N1CC[NH+](Cc2ccccc2Cl)CC1. The fourth-order valence-corrected chi connectivity index (χ4v) is 3.26. The van der Waals surface area contributed by atoms with Crippen molar-refractivity contribution in [3.63, 3.8) is 0 Å². The number of hydrogen-bond donors (Lipinski definition) is 2. The molecule has 25 heavy (non-hydrogen) atoms. The average Bonchev–Trinajstić information content (AvgIpc) is 2.64. The second kappa shape index (κ2) is 8.23. The number of rotatable bonds is 4. The third-order valence-corrected chi connectivity index (χ3v) is 4.87. The summed E-state index contributed by atoms with van der Waals surface area (Å²) in [7, 11) is 1.60. The van der Waals surface area contributed by atoms with Crippen LogP contribution in [0.15, 0.2) is 48.5 Å². The standard InChI is InChI=1S/C19H22ClN3O2/c1-25-18-9-5-4-8-17(18)21-19(24)23-12-10-22(11-13-23)14-15-6-2-3-7-16(15)20/h2-9H,10-14H2,1H3,(H,21,24)/p+1. The van der Waals surface area contributed by atoms with E-state index < -0.39 is 0 Å². The van der Waals surface area contributed by atoms with Gasteiger partial charge in [-0.3, -0.25) is 0 Å². The van der Waals surface area contributed by atoms with E-state index in [1.54, 1.807) is 7.11 Å². The van der Waals surface area contributed by atoms with E-state index in [0.29, 0.717) is 11.4 Å². The normalized spacial score (nSPS) is 15.0. The highest BCUT2D eigenvalue weighted by Gasteiger charge is 2.24. The summed E-state index contributed by atoms with van der Waals surface area (Å²) in [5.74, 6) is 0.666. The van der Waals surface area contributed by atoms with E-state index in [0.717, 1.165) is 43.3 Å². The molecule has 0 unspecified atom stereocenters. The van der Waals surface area contributed by atoms with E-state index in [2.05, 4.69) is 11.4 Å². The van der Waals surface area contributed by atoms with Crippen LogP contribution in [0.25, 0.3) is 0 Å². The van der Waals surface area contributed by atoms with Crippen molar-refractivity contribution in [1.82, 2.24) is 4.90 Å². The fourth-order valence-electron chi connectivity index (χ4n) is 3.06. The number of piperazine rings is 1. The highest BCUT2D eigenvalue weighted by atomic mass is 35.5. The van der Waals surface area contributed by atoms with Gasteiger partial charge in [-0.25, -0.2) is 4.79 Å². The van der Waals surface area contributed by atoms with E-state index in [1.165, 1.54) is 4.90 Å². The molecule has 0 radical (unpaired) electrons. The maximum Gasteiger partial charge on any atom is 0.322 e. The molecule has 0 bridgehead atoms. The average molecular weight is 361 g/mol. The van der Waals surface area contributed by atoms with Crippen molar-refractivity contribution in [2.24, 2.45) is 0 Å². The van der Waals surface area contributed by atoms with E-state index in [-0.39, 0.29) is 6.03 Å². The van der Waals surface area contributed by atoms with Crippen LogP contribution < -0.4 is 15.0 Å². The van der Waals surface area contributed by atoms with Crippen LogP contribution in [0.3, 0.4) is 0 Å².